The van der Waals surface area contributed by atoms with Crippen molar-refractivity contribution in [2.45, 2.75) is 25.0 Å². The second kappa shape index (κ2) is 4.85. The Morgan fingerprint density at radius 2 is 1.85 bits per heavy atom. The molecule has 1 aromatic heterocycles. The van der Waals surface area contributed by atoms with Crippen molar-refractivity contribution in [3.05, 3.63) is 60.3 Å². The maximum Gasteiger partial charge on any atom is 0.228 e. The topological polar surface area (TPSA) is 28.7 Å². The molecule has 0 aliphatic carbocycles. The lowest BCUT2D eigenvalue weighted by molar-refractivity contribution is -0.644. The third-order valence-electron chi connectivity index (χ3n) is 6.08. The molecule has 0 amide bonds. The maximum absolute atomic E-state index is 6.71. The van der Waals surface area contributed by atoms with E-state index in [9.17, 15) is 0 Å². The van der Waals surface area contributed by atoms with Crippen LogP contribution in [-0.2, 0) is 12.5 Å². The molecule has 0 saturated heterocycles. The first-order chi connectivity index (χ1) is 12.5. The summed E-state index contributed by atoms with van der Waals surface area (Å²) < 4.78 is 8.81. The van der Waals surface area contributed by atoms with Gasteiger partial charge in [0.05, 0.1) is 17.0 Å². The van der Waals surface area contributed by atoms with Crippen LogP contribution in [0.4, 0.5) is 11.4 Å². The van der Waals surface area contributed by atoms with Gasteiger partial charge in [0.1, 0.15) is 18.5 Å². The molecule has 4 heteroatoms. The number of hydrogen-bond acceptors (Lipinski definition) is 3. The summed E-state index contributed by atoms with van der Waals surface area (Å²) in [6, 6.07) is 16.8. The number of aryl methyl sites for hydroxylation is 1. The number of fused-ring (bicyclic) bond motifs is 4. The van der Waals surface area contributed by atoms with Crippen molar-refractivity contribution in [2.24, 2.45) is 12.0 Å². The highest BCUT2D eigenvalue weighted by Crippen LogP contribution is 2.53. The van der Waals surface area contributed by atoms with Gasteiger partial charge < -0.3 is 9.64 Å². The van der Waals surface area contributed by atoms with Crippen molar-refractivity contribution < 1.29 is 9.30 Å². The molecule has 26 heavy (non-hydrogen) atoms. The lowest BCUT2D eigenvalue weighted by Crippen LogP contribution is -2.61. The van der Waals surface area contributed by atoms with Gasteiger partial charge in [0.25, 0.3) is 0 Å². The maximum atomic E-state index is 6.71. The van der Waals surface area contributed by atoms with Crippen LogP contribution in [0.3, 0.4) is 0 Å². The number of rotatable bonds is 0. The Balaban J connectivity index is 1.72. The van der Waals surface area contributed by atoms with Crippen LogP contribution < -0.4 is 14.2 Å². The van der Waals surface area contributed by atoms with Gasteiger partial charge in [-0.2, -0.15) is 0 Å². The number of benzene rings is 2. The summed E-state index contributed by atoms with van der Waals surface area (Å²) in [5.41, 5.74) is 3.67. The largest absolute Gasteiger partial charge is 0.459 e. The van der Waals surface area contributed by atoms with E-state index in [1.54, 1.807) is 0 Å². The third-order valence-corrected chi connectivity index (χ3v) is 6.08. The van der Waals surface area contributed by atoms with Gasteiger partial charge in [0.2, 0.25) is 11.2 Å². The Morgan fingerprint density at radius 3 is 2.65 bits per heavy atom. The molecular weight excluding hydrogens is 322 g/mol. The summed E-state index contributed by atoms with van der Waals surface area (Å²) in [4.78, 5) is 7.13. The van der Waals surface area contributed by atoms with Crippen molar-refractivity contribution in [1.82, 2.24) is 0 Å². The quantitative estimate of drug-likeness (QED) is 0.579. The third kappa shape index (κ3) is 1.69. The molecule has 3 aromatic rings. The first-order valence-corrected chi connectivity index (χ1v) is 8.95. The number of anilines is 1. The normalized spacial score (nSPS) is 22.4. The van der Waals surface area contributed by atoms with E-state index in [0.29, 0.717) is 0 Å². The zero-order chi connectivity index (χ0) is 18.1. The van der Waals surface area contributed by atoms with Crippen LogP contribution in [0.5, 0.6) is 5.75 Å². The van der Waals surface area contributed by atoms with Gasteiger partial charge in [0, 0.05) is 24.9 Å². The van der Waals surface area contributed by atoms with E-state index in [4.69, 9.17) is 9.73 Å². The number of para-hydroxylation sites is 1. The molecule has 2 aliphatic heterocycles. The van der Waals surface area contributed by atoms with E-state index in [2.05, 4.69) is 66.8 Å². The van der Waals surface area contributed by atoms with Gasteiger partial charge in [-0.1, -0.05) is 18.2 Å². The fourth-order valence-corrected chi connectivity index (χ4v) is 4.49. The lowest BCUT2D eigenvalue weighted by atomic mass is 9.77. The Hall–Kier alpha value is -2.88. The van der Waals surface area contributed by atoms with Crippen LogP contribution in [0.15, 0.2) is 59.7 Å². The fourth-order valence-electron chi connectivity index (χ4n) is 4.49. The van der Waals surface area contributed by atoms with Crippen LogP contribution in [0, 0.1) is 0 Å². The van der Waals surface area contributed by atoms with Gasteiger partial charge in [-0.3, -0.25) is 4.99 Å². The molecule has 4 nitrogen and oxygen atoms in total. The zero-order valence-corrected chi connectivity index (χ0v) is 15.5. The number of pyridine rings is 1. The van der Waals surface area contributed by atoms with Crippen LogP contribution in [0.1, 0.15) is 19.4 Å². The van der Waals surface area contributed by atoms with Crippen LogP contribution in [0.25, 0.3) is 10.9 Å². The molecule has 0 N–H and O–H groups in total. The average Bonchev–Trinajstić information content (AvgIpc) is 2.81. The van der Waals surface area contributed by atoms with Crippen molar-refractivity contribution in [1.29, 1.82) is 0 Å². The molecule has 0 saturated carbocycles. The van der Waals surface area contributed by atoms with E-state index >= 15 is 0 Å². The molecule has 2 aromatic carbocycles. The summed E-state index contributed by atoms with van der Waals surface area (Å²) in [6.07, 6.45) is 4.04. The minimum absolute atomic E-state index is 0.226. The molecule has 2 aliphatic rings. The van der Waals surface area contributed by atoms with Crippen LogP contribution in [0.2, 0.25) is 0 Å². The summed E-state index contributed by atoms with van der Waals surface area (Å²) in [6.45, 7) is 4.46. The summed E-state index contributed by atoms with van der Waals surface area (Å²) in [7, 11) is 4.14. The highest BCUT2D eigenvalue weighted by Gasteiger charge is 2.58. The van der Waals surface area contributed by atoms with Crippen molar-refractivity contribution >= 4 is 28.5 Å². The highest BCUT2D eigenvalue weighted by atomic mass is 16.5. The SMILES string of the molecule is CN1c2ccccc2C(C)(C)[C@]12C=Nc1c(ccc3c1ccc[n+]3C)O2. The molecule has 0 bridgehead atoms. The predicted octanol–water partition coefficient (Wildman–Crippen LogP) is 3.88. The van der Waals surface area contributed by atoms with Crippen LogP contribution >= 0.6 is 0 Å². The molecule has 5 rings (SSSR count). The van der Waals surface area contributed by atoms with Gasteiger partial charge in [0.15, 0.2) is 6.20 Å². The molecule has 0 unspecified atom stereocenters. The fraction of sp³-hybridized carbons (Fsp3) is 0.273. The number of hydrogen-bond donors (Lipinski definition) is 0. The number of likely N-dealkylation sites (N-methyl/N-ethyl adjacent to an activating group) is 1. The second-order valence-corrected chi connectivity index (χ2v) is 7.72. The van der Waals surface area contributed by atoms with E-state index in [1.807, 2.05) is 31.6 Å². The Bertz CT molecular complexity index is 1090. The molecule has 1 spiro atoms. The lowest BCUT2D eigenvalue weighted by Gasteiger charge is -2.44. The monoisotopic (exact) mass is 344 g/mol. The van der Waals surface area contributed by atoms with Gasteiger partial charge >= 0.3 is 0 Å². The molecular formula is C22H22N3O+. The minimum atomic E-state index is -0.631. The molecule has 3 heterocycles. The highest BCUT2D eigenvalue weighted by molar-refractivity contribution is 5.97. The van der Waals surface area contributed by atoms with E-state index in [-0.39, 0.29) is 5.41 Å². The number of aliphatic imine (C=N–C) groups is 1. The molecule has 1 atom stereocenters. The van der Waals surface area contributed by atoms with Crippen LogP contribution in [-0.4, -0.2) is 19.0 Å². The standard InChI is InChI=1S/C22H22N3O/c1-21(2)16-9-5-6-10-18(16)25(4)22(21)14-23-20-15-8-7-13-24(3)17(15)11-12-19(20)26-22/h5-14H,1-4H3/q+1/t22-/m1/s1. The van der Waals surface area contributed by atoms with E-state index < -0.39 is 5.72 Å². The Morgan fingerprint density at radius 1 is 1.04 bits per heavy atom. The Kier molecular flexibility index (Phi) is 2.87. The number of ether oxygens (including phenoxy) is 1. The smallest absolute Gasteiger partial charge is 0.228 e. The van der Waals surface area contributed by atoms with E-state index in [1.165, 1.54) is 11.3 Å². The van der Waals surface area contributed by atoms with E-state index in [0.717, 1.165) is 22.3 Å². The average molecular weight is 344 g/mol. The first-order valence-electron chi connectivity index (χ1n) is 8.95. The molecule has 0 fully saturated rings. The van der Waals surface area contributed by atoms with Gasteiger partial charge in [-0.25, -0.2) is 4.57 Å². The summed E-state index contributed by atoms with van der Waals surface area (Å²) in [5, 5.41) is 1.11. The van der Waals surface area contributed by atoms with Crippen molar-refractivity contribution in [3.63, 3.8) is 0 Å². The van der Waals surface area contributed by atoms with Gasteiger partial charge in [-0.15, -0.1) is 0 Å². The van der Waals surface area contributed by atoms with Crippen molar-refractivity contribution in [2.75, 3.05) is 11.9 Å². The molecule has 0 radical (unpaired) electrons. The first kappa shape index (κ1) is 15.4. The summed E-state index contributed by atoms with van der Waals surface area (Å²) in [5.74, 6) is 0.832. The Labute approximate surface area is 153 Å². The minimum Gasteiger partial charge on any atom is -0.459 e. The second-order valence-electron chi connectivity index (χ2n) is 7.72. The molecule has 130 valence electrons. The number of aromatic nitrogens is 1. The predicted molar refractivity (Wildman–Crippen MR) is 105 cm³/mol. The van der Waals surface area contributed by atoms with Gasteiger partial charge in [-0.05, 0) is 37.6 Å². The number of nitrogens with zero attached hydrogens (tertiary/aromatic N) is 3. The summed E-state index contributed by atoms with van der Waals surface area (Å²) >= 11 is 0. The zero-order valence-electron chi connectivity index (χ0n) is 15.5. The van der Waals surface area contributed by atoms with Crippen molar-refractivity contribution in [3.8, 4) is 5.75 Å².